The van der Waals surface area contributed by atoms with Crippen molar-refractivity contribution in [3.63, 3.8) is 0 Å². The first-order valence-electron chi connectivity index (χ1n) is 3.54. The van der Waals surface area contributed by atoms with Crippen molar-refractivity contribution in [2.24, 2.45) is 0 Å². The number of hydrogen-bond acceptors (Lipinski definition) is 4. The lowest BCUT2D eigenvalue weighted by Crippen LogP contribution is -2.00. The van der Waals surface area contributed by atoms with E-state index in [1.807, 2.05) is 0 Å². The molecule has 0 saturated heterocycles. The predicted molar refractivity (Wildman–Crippen MR) is 57.3 cm³/mol. The number of carbonyl (C=O) groups is 1. The molecule has 0 spiro atoms. The van der Waals surface area contributed by atoms with Gasteiger partial charge in [-0.1, -0.05) is 0 Å². The number of benzene rings is 1. The van der Waals surface area contributed by atoms with E-state index in [2.05, 4.69) is 15.9 Å². The minimum atomic E-state index is -4.03. The van der Waals surface area contributed by atoms with Crippen LogP contribution in [0.5, 0.6) is 0 Å². The second-order valence-corrected chi connectivity index (χ2v) is 5.89. The average molecular weight is 309 g/mol. The van der Waals surface area contributed by atoms with Crippen molar-refractivity contribution in [1.82, 2.24) is 0 Å². The molecule has 15 heavy (non-hydrogen) atoms. The maximum Gasteiger partial charge on any atom is 0.262 e. The highest BCUT2D eigenvalue weighted by Crippen LogP contribution is 2.27. The number of nitriles is 1. The maximum absolute atomic E-state index is 11.1. The van der Waals surface area contributed by atoms with Crippen molar-refractivity contribution < 1.29 is 13.2 Å². The third-order valence-corrected chi connectivity index (χ3v) is 3.69. The van der Waals surface area contributed by atoms with Gasteiger partial charge in [-0.05, 0) is 28.1 Å². The summed E-state index contributed by atoms with van der Waals surface area (Å²) < 4.78 is 22.5. The molecule has 0 saturated carbocycles. The van der Waals surface area contributed by atoms with Crippen molar-refractivity contribution in [3.05, 3.63) is 27.7 Å². The smallest absolute Gasteiger partial charge is 0.262 e. The van der Waals surface area contributed by atoms with Gasteiger partial charge < -0.3 is 0 Å². The molecule has 0 aromatic heterocycles. The Balaban J connectivity index is 3.74. The minimum Gasteiger partial charge on any atom is -0.298 e. The Morgan fingerprint density at radius 2 is 2.07 bits per heavy atom. The van der Waals surface area contributed by atoms with Crippen LogP contribution in [0, 0.1) is 11.3 Å². The number of carbonyl (C=O) groups excluding carboxylic acids is 1. The van der Waals surface area contributed by atoms with Crippen LogP contribution in [0.3, 0.4) is 0 Å². The maximum atomic E-state index is 11.1. The molecule has 0 aliphatic carbocycles. The van der Waals surface area contributed by atoms with Gasteiger partial charge in [0.1, 0.15) is 6.07 Å². The highest BCUT2D eigenvalue weighted by molar-refractivity contribution is 9.10. The Kier molecular flexibility index (Phi) is 3.50. The van der Waals surface area contributed by atoms with E-state index in [9.17, 15) is 13.2 Å². The van der Waals surface area contributed by atoms with Gasteiger partial charge in [0, 0.05) is 15.2 Å². The van der Waals surface area contributed by atoms with Gasteiger partial charge in [-0.15, -0.1) is 0 Å². The molecular weight excluding hydrogens is 306 g/mol. The SMILES string of the molecule is N#Cc1c(Br)ccc(S(=O)(=O)Cl)c1C=O. The second-order valence-electron chi connectivity index (χ2n) is 2.50. The summed E-state index contributed by atoms with van der Waals surface area (Å²) in [5.41, 5.74) is -0.284. The Hall–Kier alpha value is -0.900. The van der Waals surface area contributed by atoms with Crippen LogP contribution in [0.2, 0.25) is 0 Å². The monoisotopic (exact) mass is 307 g/mol. The normalized spacial score (nSPS) is 10.7. The lowest BCUT2D eigenvalue weighted by Gasteiger charge is -2.03. The Morgan fingerprint density at radius 1 is 1.47 bits per heavy atom. The first kappa shape index (κ1) is 12.2. The lowest BCUT2D eigenvalue weighted by atomic mass is 10.1. The van der Waals surface area contributed by atoms with E-state index in [1.165, 1.54) is 6.07 Å². The summed E-state index contributed by atoms with van der Waals surface area (Å²) in [5.74, 6) is 0. The van der Waals surface area contributed by atoms with E-state index < -0.39 is 9.05 Å². The van der Waals surface area contributed by atoms with E-state index in [1.54, 1.807) is 6.07 Å². The molecule has 0 heterocycles. The van der Waals surface area contributed by atoms with Gasteiger partial charge in [0.05, 0.1) is 16.0 Å². The zero-order valence-electron chi connectivity index (χ0n) is 7.07. The molecule has 1 rings (SSSR count). The summed E-state index contributed by atoms with van der Waals surface area (Å²) in [6.45, 7) is 0. The highest BCUT2D eigenvalue weighted by Gasteiger charge is 2.19. The molecule has 0 atom stereocenters. The van der Waals surface area contributed by atoms with Crippen molar-refractivity contribution in [1.29, 1.82) is 5.26 Å². The van der Waals surface area contributed by atoms with Gasteiger partial charge >= 0.3 is 0 Å². The summed E-state index contributed by atoms with van der Waals surface area (Å²) in [7, 11) is 1.09. The molecule has 4 nitrogen and oxygen atoms in total. The van der Waals surface area contributed by atoms with E-state index >= 15 is 0 Å². The zero-order chi connectivity index (χ0) is 11.6. The van der Waals surface area contributed by atoms with E-state index in [4.69, 9.17) is 15.9 Å². The molecule has 78 valence electrons. The Bertz CT molecular complexity index is 562. The molecular formula is C8H3BrClNO3S. The predicted octanol–water partition coefficient (Wildman–Crippen LogP) is 2.06. The molecule has 7 heteroatoms. The molecule has 0 bridgehead atoms. The van der Waals surface area contributed by atoms with E-state index in [-0.39, 0.29) is 16.0 Å². The van der Waals surface area contributed by atoms with Crippen LogP contribution in [0.4, 0.5) is 0 Å². The standard InChI is InChI=1S/C8H3BrClNO3S/c9-7-1-2-8(15(10,13)14)6(4-12)5(7)3-11/h1-2,4H. The number of aldehydes is 1. The third-order valence-electron chi connectivity index (χ3n) is 1.65. The highest BCUT2D eigenvalue weighted by atomic mass is 79.9. The van der Waals surface area contributed by atoms with Crippen molar-refractivity contribution in [2.45, 2.75) is 4.90 Å². The van der Waals surface area contributed by atoms with Crippen molar-refractivity contribution >= 4 is 41.9 Å². The first-order chi connectivity index (χ1) is 6.91. The van der Waals surface area contributed by atoms with Crippen LogP contribution in [0.15, 0.2) is 21.5 Å². The first-order valence-corrected chi connectivity index (χ1v) is 6.64. The van der Waals surface area contributed by atoms with Gasteiger partial charge in [0.2, 0.25) is 0 Å². The number of rotatable bonds is 2. The number of nitrogens with zero attached hydrogens (tertiary/aromatic N) is 1. The van der Waals surface area contributed by atoms with Crippen LogP contribution in [-0.2, 0) is 9.05 Å². The van der Waals surface area contributed by atoms with Gasteiger partial charge in [0.25, 0.3) is 9.05 Å². The molecule has 0 unspecified atom stereocenters. The summed E-state index contributed by atoms with van der Waals surface area (Å²) in [6.07, 6.45) is 0.290. The van der Waals surface area contributed by atoms with Gasteiger partial charge in [0.15, 0.2) is 6.29 Å². The van der Waals surface area contributed by atoms with Crippen molar-refractivity contribution in [2.75, 3.05) is 0 Å². The van der Waals surface area contributed by atoms with Crippen LogP contribution in [0.25, 0.3) is 0 Å². The van der Waals surface area contributed by atoms with Gasteiger partial charge in [-0.25, -0.2) is 8.42 Å². The number of hydrogen-bond donors (Lipinski definition) is 0. The second kappa shape index (κ2) is 4.31. The Morgan fingerprint density at radius 3 is 2.47 bits per heavy atom. The fourth-order valence-electron chi connectivity index (χ4n) is 1.02. The third kappa shape index (κ3) is 2.37. The quantitative estimate of drug-likeness (QED) is 0.619. The molecule has 0 amide bonds. The average Bonchev–Trinajstić information content (AvgIpc) is 2.15. The van der Waals surface area contributed by atoms with Crippen LogP contribution in [0.1, 0.15) is 15.9 Å². The fraction of sp³-hybridized carbons (Fsp3) is 0. The zero-order valence-corrected chi connectivity index (χ0v) is 10.2. The summed E-state index contributed by atoms with van der Waals surface area (Å²) >= 11 is 3.03. The fourth-order valence-corrected chi connectivity index (χ4v) is 2.50. The van der Waals surface area contributed by atoms with Crippen LogP contribution >= 0.6 is 26.6 Å². The largest absolute Gasteiger partial charge is 0.298 e. The van der Waals surface area contributed by atoms with Gasteiger partial charge in [-0.2, -0.15) is 5.26 Å². The molecule has 1 aromatic carbocycles. The molecule has 0 fully saturated rings. The van der Waals surface area contributed by atoms with Gasteiger partial charge in [-0.3, -0.25) is 4.79 Å². The lowest BCUT2D eigenvalue weighted by molar-refractivity contribution is 0.112. The van der Waals surface area contributed by atoms with Crippen LogP contribution < -0.4 is 0 Å². The summed E-state index contributed by atoms with van der Waals surface area (Å²) in [5, 5.41) is 8.74. The molecule has 0 aliphatic rings. The Labute approximate surface area is 99.0 Å². The van der Waals surface area contributed by atoms with E-state index in [0.29, 0.717) is 10.8 Å². The topological polar surface area (TPSA) is 75.0 Å². The molecule has 0 aliphatic heterocycles. The molecule has 1 aromatic rings. The summed E-state index contributed by atoms with van der Waals surface area (Å²) in [4.78, 5) is 10.3. The number of halogens is 2. The molecule has 0 N–H and O–H groups in total. The minimum absolute atomic E-state index is 0.0493. The van der Waals surface area contributed by atoms with E-state index in [0.717, 1.165) is 6.07 Å². The molecule has 0 radical (unpaired) electrons. The summed E-state index contributed by atoms with van der Waals surface area (Å²) in [6, 6.07) is 4.24. The van der Waals surface area contributed by atoms with Crippen molar-refractivity contribution in [3.8, 4) is 6.07 Å². The van der Waals surface area contributed by atoms with Crippen LogP contribution in [-0.4, -0.2) is 14.7 Å².